The monoisotopic (exact) mass is 285 g/mol. The zero-order valence-corrected chi connectivity index (χ0v) is 12.2. The topological polar surface area (TPSA) is 68.5 Å². The molecule has 2 rings (SSSR count). The summed E-state index contributed by atoms with van der Waals surface area (Å²) in [5, 5.41) is 0. The van der Waals surface area contributed by atoms with Crippen LogP contribution in [0.2, 0.25) is 0 Å². The van der Waals surface area contributed by atoms with E-state index in [1.54, 1.807) is 24.4 Å². The van der Waals surface area contributed by atoms with E-state index in [-0.39, 0.29) is 0 Å². The van der Waals surface area contributed by atoms with Crippen molar-refractivity contribution in [1.82, 2.24) is 4.98 Å². The van der Waals surface area contributed by atoms with Gasteiger partial charge >= 0.3 is 5.97 Å². The van der Waals surface area contributed by atoms with Crippen LogP contribution in [0.5, 0.6) is 0 Å². The Bertz CT molecular complexity index is 614. The van der Waals surface area contributed by atoms with Gasteiger partial charge in [0.15, 0.2) is 0 Å². The third-order valence-electron chi connectivity index (χ3n) is 3.25. The second-order valence-electron chi connectivity index (χ2n) is 4.57. The van der Waals surface area contributed by atoms with Crippen LogP contribution in [-0.4, -0.2) is 24.6 Å². The zero-order valence-electron chi connectivity index (χ0n) is 12.2. The van der Waals surface area contributed by atoms with Gasteiger partial charge in [0.1, 0.15) is 0 Å². The number of pyridine rings is 1. The lowest BCUT2D eigenvalue weighted by atomic mass is 10.1. The quantitative estimate of drug-likeness (QED) is 0.675. The first-order valence-electron chi connectivity index (χ1n) is 6.79. The van der Waals surface area contributed by atoms with Gasteiger partial charge in [0.25, 0.3) is 0 Å². The van der Waals surface area contributed by atoms with Gasteiger partial charge in [-0.05, 0) is 31.2 Å². The number of nitrogen functional groups attached to an aromatic ring is 1. The number of hydrogen-bond donors (Lipinski definition) is 1. The Morgan fingerprint density at radius 2 is 2.10 bits per heavy atom. The van der Waals surface area contributed by atoms with Crippen LogP contribution in [0.15, 0.2) is 42.6 Å². The van der Waals surface area contributed by atoms with Gasteiger partial charge in [-0.1, -0.05) is 12.1 Å². The highest BCUT2D eigenvalue weighted by Crippen LogP contribution is 2.29. The zero-order chi connectivity index (χ0) is 15.2. The highest BCUT2D eigenvalue weighted by Gasteiger charge is 2.19. The Morgan fingerprint density at radius 1 is 1.29 bits per heavy atom. The fourth-order valence-corrected chi connectivity index (χ4v) is 2.23. The van der Waals surface area contributed by atoms with Gasteiger partial charge in [0, 0.05) is 12.7 Å². The van der Waals surface area contributed by atoms with E-state index in [0.717, 1.165) is 5.69 Å². The van der Waals surface area contributed by atoms with Gasteiger partial charge in [0.2, 0.25) is 0 Å². The van der Waals surface area contributed by atoms with E-state index < -0.39 is 5.97 Å². The molecule has 21 heavy (non-hydrogen) atoms. The largest absolute Gasteiger partial charge is 0.465 e. The van der Waals surface area contributed by atoms with Crippen molar-refractivity contribution < 1.29 is 9.53 Å². The number of nitrogens with zero attached hydrogens (tertiary/aromatic N) is 2. The number of nitrogens with two attached hydrogens (primary N) is 1. The Hall–Kier alpha value is -2.56. The van der Waals surface area contributed by atoms with Gasteiger partial charge in [-0.3, -0.25) is 4.98 Å². The SMILES string of the molecule is CCN(Cc1ccccn1)c1c(N)cccc1C(=O)OC. The van der Waals surface area contributed by atoms with Crippen LogP contribution in [-0.2, 0) is 11.3 Å². The molecule has 0 fully saturated rings. The minimum Gasteiger partial charge on any atom is -0.465 e. The van der Waals surface area contributed by atoms with E-state index in [0.29, 0.717) is 30.0 Å². The van der Waals surface area contributed by atoms with Crippen molar-refractivity contribution in [3.63, 3.8) is 0 Å². The lowest BCUT2D eigenvalue weighted by Crippen LogP contribution is -2.26. The minimum atomic E-state index is -0.392. The number of methoxy groups -OCH3 is 1. The maximum absolute atomic E-state index is 11.9. The Labute approximate surface area is 124 Å². The van der Waals surface area contributed by atoms with Crippen LogP contribution in [0.3, 0.4) is 0 Å². The number of carbonyl (C=O) groups excluding carboxylic acids is 1. The molecule has 0 saturated carbocycles. The van der Waals surface area contributed by atoms with E-state index in [1.807, 2.05) is 30.0 Å². The molecule has 5 nitrogen and oxygen atoms in total. The van der Waals surface area contributed by atoms with Gasteiger partial charge in [-0.15, -0.1) is 0 Å². The smallest absolute Gasteiger partial charge is 0.340 e. The number of rotatable bonds is 5. The lowest BCUT2D eigenvalue weighted by molar-refractivity contribution is 0.0601. The van der Waals surface area contributed by atoms with Crippen LogP contribution in [0, 0.1) is 0 Å². The van der Waals surface area contributed by atoms with Crippen molar-refractivity contribution in [2.45, 2.75) is 13.5 Å². The number of benzene rings is 1. The molecule has 0 bridgehead atoms. The fraction of sp³-hybridized carbons (Fsp3) is 0.250. The highest BCUT2D eigenvalue weighted by molar-refractivity contribution is 5.99. The number of aromatic nitrogens is 1. The molecular formula is C16H19N3O2. The summed E-state index contributed by atoms with van der Waals surface area (Å²) in [5.74, 6) is -0.392. The van der Waals surface area contributed by atoms with Gasteiger partial charge in [-0.25, -0.2) is 4.79 Å². The first-order chi connectivity index (χ1) is 10.2. The first-order valence-corrected chi connectivity index (χ1v) is 6.79. The standard InChI is InChI=1S/C16H19N3O2/c1-3-19(11-12-7-4-5-10-18-12)15-13(16(20)21-2)8-6-9-14(15)17/h4-10H,3,11,17H2,1-2H3. The molecule has 5 heteroatoms. The lowest BCUT2D eigenvalue weighted by Gasteiger charge is -2.26. The molecule has 110 valence electrons. The molecule has 2 N–H and O–H groups in total. The summed E-state index contributed by atoms with van der Waals surface area (Å²) >= 11 is 0. The predicted molar refractivity (Wildman–Crippen MR) is 83.2 cm³/mol. The molecule has 1 aromatic carbocycles. The van der Waals surface area contributed by atoms with Crippen LogP contribution in [0.1, 0.15) is 23.0 Å². The molecule has 1 aromatic heterocycles. The van der Waals surface area contributed by atoms with Crippen molar-refractivity contribution in [1.29, 1.82) is 0 Å². The maximum Gasteiger partial charge on any atom is 0.340 e. The minimum absolute atomic E-state index is 0.392. The average Bonchev–Trinajstić information content (AvgIpc) is 2.53. The summed E-state index contributed by atoms with van der Waals surface area (Å²) in [6.45, 7) is 3.29. The molecule has 0 spiro atoms. The first kappa shape index (κ1) is 14.8. The third-order valence-corrected chi connectivity index (χ3v) is 3.25. The van der Waals surface area contributed by atoms with Crippen molar-refractivity contribution in [3.05, 3.63) is 53.9 Å². The molecule has 1 heterocycles. The van der Waals surface area contributed by atoms with E-state index in [9.17, 15) is 4.79 Å². The Morgan fingerprint density at radius 3 is 2.71 bits per heavy atom. The molecular weight excluding hydrogens is 266 g/mol. The molecule has 0 atom stereocenters. The van der Waals surface area contributed by atoms with Gasteiger partial charge in [0.05, 0.1) is 36.3 Å². The number of hydrogen-bond acceptors (Lipinski definition) is 5. The summed E-state index contributed by atoms with van der Waals surface area (Å²) in [6.07, 6.45) is 1.75. The highest BCUT2D eigenvalue weighted by atomic mass is 16.5. The molecule has 0 amide bonds. The molecule has 0 radical (unpaired) electrons. The van der Waals surface area contributed by atoms with Crippen molar-refractivity contribution in [2.75, 3.05) is 24.3 Å². The maximum atomic E-state index is 11.9. The molecule has 0 aliphatic heterocycles. The summed E-state index contributed by atoms with van der Waals surface area (Å²) in [5.41, 5.74) is 8.70. The van der Waals surface area contributed by atoms with Crippen molar-refractivity contribution in [2.24, 2.45) is 0 Å². The van der Waals surface area contributed by atoms with Crippen LogP contribution in [0.4, 0.5) is 11.4 Å². The number of esters is 1. The third kappa shape index (κ3) is 3.31. The average molecular weight is 285 g/mol. The molecule has 0 saturated heterocycles. The van der Waals surface area contributed by atoms with E-state index in [4.69, 9.17) is 10.5 Å². The van der Waals surface area contributed by atoms with Crippen molar-refractivity contribution in [3.8, 4) is 0 Å². The van der Waals surface area contributed by atoms with Gasteiger partial charge < -0.3 is 15.4 Å². The second kappa shape index (κ2) is 6.74. The number of ether oxygens (including phenoxy) is 1. The van der Waals surface area contributed by atoms with E-state index in [1.165, 1.54) is 7.11 Å². The molecule has 2 aromatic rings. The fourth-order valence-electron chi connectivity index (χ4n) is 2.23. The molecule has 0 unspecified atom stereocenters. The second-order valence-corrected chi connectivity index (χ2v) is 4.57. The van der Waals surface area contributed by atoms with Crippen LogP contribution in [0.25, 0.3) is 0 Å². The Kier molecular flexibility index (Phi) is 4.77. The molecule has 0 aliphatic carbocycles. The van der Waals surface area contributed by atoms with Gasteiger partial charge in [-0.2, -0.15) is 0 Å². The summed E-state index contributed by atoms with van der Waals surface area (Å²) in [7, 11) is 1.37. The van der Waals surface area contributed by atoms with Crippen LogP contribution < -0.4 is 10.6 Å². The predicted octanol–water partition coefficient (Wildman–Crippen LogP) is 2.48. The normalized spacial score (nSPS) is 10.2. The number of carbonyl (C=O) groups is 1. The number of para-hydroxylation sites is 1. The summed E-state index contributed by atoms with van der Waals surface area (Å²) in [4.78, 5) is 18.3. The number of anilines is 2. The van der Waals surface area contributed by atoms with E-state index >= 15 is 0 Å². The summed E-state index contributed by atoms with van der Waals surface area (Å²) in [6, 6.07) is 11.0. The summed E-state index contributed by atoms with van der Waals surface area (Å²) < 4.78 is 4.84. The van der Waals surface area contributed by atoms with E-state index in [2.05, 4.69) is 4.98 Å². The van der Waals surface area contributed by atoms with Crippen molar-refractivity contribution >= 4 is 17.3 Å². The van der Waals surface area contributed by atoms with Crippen LogP contribution >= 0.6 is 0 Å². The Balaban J connectivity index is 2.40. The molecule has 0 aliphatic rings.